The van der Waals surface area contributed by atoms with E-state index in [0.717, 1.165) is 41.3 Å². The van der Waals surface area contributed by atoms with Gasteiger partial charge in [0.1, 0.15) is 45.6 Å². The van der Waals surface area contributed by atoms with Crippen molar-refractivity contribution in [2.45, 2.75) is 71.2 Å². The average Bonchev–Trinajstić information content (AvgIpc) is 3.59. The molecule has 0 aliphatic carbocycles. The van der Waals surface area contributed by atoms with Gasteiger partial charge in [0.25, 0.3) is 11.8 Å². The molecule has 6 amide bonds. The Morgan fingerprint density at radius 3 is 1.10 bits per heavy atom. The van der Waals surface area contributed by atoms with E-state index in [4.69, 9.17) is 28.4 Å². The molecule has 4 aliphatic heterocycles. The Hall–Kier alpha value is -5.45. The number of nitrogens with zero attached hydrogens (tertiary/aromatic N) is 3. The van der Waals surface area contributed by atoms with Crippen molar-refractivity contribution in [3.63, 3.8) is 0 Å². The third-order valence-corrected chi connectivity index (χ3v) is 11.0. The van der Waals surface area contributed by atoms with Crippen LogP contribution < -0.4 is 44.4 Å². The highest BCUT2D eigenvalue weighted by Crippen LogP contribution is 2.34. The molecular formula is C43H61ClN6O10. The summed E-state index contributed by atoms with van der Waals surface area (Å²) in [6.45, 7) is 3.90. The van der Waals surface area contributed by atoms with Gasteiger partial charge in [-0.2, -0.15) is 0 Å². The number of amides is 6. The lowest BCUT2D eigenvalue weighted by molar-refractivity contribution is -0.133. The number of carbonyl (C=O) groups excluding carboxylic acids is 4. The number of ether oxygens (including phenoxy) is 6. The normalized spacial score (nSPS) is 17.6. The molecule has 4 heterocycles. The molecule has 0 bridgehead atoms. The van der Waals surface area contributed by atoms with Crippen LogP contribution in [0, 0.1) is 0 Å². The number of nitrogens with one attached hydrogen (secondary N) is 3. The van der Waals surface area contributed by atoms with Crippen molar-refractivity contribution in [3.05, 3.63) is 71.3 Å². The van der Waals surface area contributed by atoms with Crippen molar-refractivity contribution in [3.8, 4) is 34.5 Å². The molecule has 16 nitrogen and oxygen atoms in total. The lowest BCUT2D eigenvalue weighted by Crippen LogP contribution is -2.54. The lowest BCUT2D eigenvalue weighted by atomic mass is 9.87. The van der Waals surface area contributed by atoms with E-state index in [2.05, 4.69) is 20.9 Å². The summed E-state index contributed by atoms with van der Waals surface area (Å²) in [6, 6.07) is 15.8. The molecule has 2 spiro atoms. The van der Waals surface area contributed by atoms with Crippen LogP contribution in [-0.4, -0.2) is 118 Å². The number of halogens is 1. The second-order valence-corrected chi connectivity index (χ2v) is 14.5. The zero-order valence-electron chi connectivity index (χ0n) is 33.8. The van der Waals surface area contributed by atoms with Gasteiger partial charge in [-0.25, -0.2) is 9.59 Å². The summed E-state index contributed by atoms with van der Waals surface area (Å²) in [5.74, 6) is 3.63. The van der Waals surface area contributed by atoms with Gasteiger partial charge in [-0.15, -0.1) is 12.4 Å². The minimum absolute atomic E-state index is 0. The van der Waals surface area contributed by atoms with E-state index in [0.29, 0.717) is 68.3 Å². The van der Waals surface area contributed by atoms with Crippen molar-refractivity contribution in [2.24, 2.45) is 0 Å². The summed E-state index contributed by atoms with van der Waals surface area (Å²) in [5, 5.41) is 9.07. The van der Waals surface area contributed by atoms with E-state index in [1.165, 1.54) is 9.80 Å². The van der Waals surface area contributed by atoms with Crippen LogP contribution in [0.5, 0.6) is 34.5 Å². The van der Waals surface area contributed by atoms with E-state index in [9.17, 15) is 19.2 Å². The highest BCUT2D eigenvalue weighted by molar-refractivity contribution is 6.07. The van der Waals surface area contributed by atoms with Crippen molar-refractivity contribution < 1.29 is 47.6 Å². The summed E-state index contributed by atoms with van der Waals surface area (Å²) >= 11 is 0. The fourth-order valence-electron chi connectivity index (χ4n) is 7.76. The number of hydrogen-bond donors (Lipinski definition) is 3. The van der Waals surface area contributed by atoms with E-state index in [1.54, 1.807) is 79.1 Å². The fraction of sp³-hybridized carbons (Fsp3) is 0.488. The summed E-state index contributed by atoms with van der Waals surface area (Å²) < 4.78 is 31.8. The third kappa shape index (κ3) is 10.6. The van der Waals surface area contributed by atoms with Crippen LogP contribution in [0.15, 0.2) is 54.6 Å². The molecule has 330 valence electrons. The average molecular weight is 857 g/mol. The number of rotatable bonds is 12. The van der Waals surface area contributed by atoms with Gasteiger partial charge < -0.3 is 44.4 Å². The van der Waals surface area contributed by atoms with Crippen molar-refractivity contribution in [2.75, 3.05) is 68.8 Å². The molecule has 0 unspecified atom stereocenters. The van der Waals surface area contributed by atoms with Crippen LogP contribution in [0.4, 0.5) is 9.59 Å². The monoisotopic (exact) mass is 856 g/mol. The van der Waals surface area contributed by atoms with Crippen molar-refractivity contribution in [1.82, 2.24) is 30.7 Å². The standard InChI is InChI=1S/C25H31N3O6.C16H21N3O4.2CH4.ClH/c1-31-19-9-17(10-20(13-19)32-2)15-27-7-5-25(6-8-27)23(29)28(24(30)26-25)16-18-11-21(33-3)14-22(12-18)34-4;1-22-12-7-11(8-13(9-12)23-2)10-19-14(20)16(18-15(19)21)3-5-17-6-4-16;;;/h9-14H,5-8,15-16H2,1-4H3,(H,26,30);7-9,17H,3-6,10H2,1-2H3,(H,18,21);2*1H4;1H. The molecule has 60 heavy (non-hydrogen) atoms. The molecular weight excluding hydrogens is 796 g/mol. The maximum atomic E-state index is 13.4. The van der Waals surface area contributed by atoms with Gasteiger partial charge in [-0.3, -0.25) is 24.3 Å². The number of piperidine rings is 2. The minimum Gasteiger partial charge on any atom is -0.497 e. The van der Waals surface area contributed by atoms with E-state index < -0.39 is 11.1 Å². The molecule has 4 fully saturated rings. The molecule has 3 N–H and O–H groups in total. The fourth-order valence-corrected chi connectivity index (χ4v) is 7.76. The molecule has 4 aliphatic rings. The zero-order chi connectivity index (χ0) is 40.7. The number of benzene rings is 3. The van der Waals surface area contributed by atoms with Crippen LogP contribution in [-0.2, 0) is 29.2 Å². The predicted octanol–water partition coefficient (Wildman–Crippen LogP) is 5.38. The van der Waals surface area contributed by atoms with Crippen LogP contribution >= 0.6 is 12.4 Å². The first-order chi connectivity index (χ1) is 27.5. The highest BCUT2D eigenvalue weighted by atomic mass is 35.5. The molecule has 0 atom stereocenters. The first-order valence-electron chi connectivity index (χ1n) is 18.8. The van der Waals surface area contributed by atoms with E-state index in [-0.39, 0.29) is 64.2 Å². The maximum Gasteiger partial charge on any atom is 0.325 e. The van der Waals surface area contributed by atoms with Gasteiger partial charge >= 0.3 is 12.1 Å². The topological polar surface area (TPSA) is 169 Å². The third-order valence-electron chi connectivity index (χ3n) is 11.0. The Balaban J connectivity index is 0.000000325. The largest absolute Gasteiger partial charge is 0.497 e. The summed E-state index contributed by atoms with van der Waals surface area (Å²) in [6.07, 6.45) is 2.35. The number of urea groups is 2. The van der Waals surface area contributed by atoms with Crippen LogP contribution in [0.3, 0.4) is 0 Å². The minimum atomic E-state index is -0.859. The molecule has 3 aromatic carbocycles. The molecule has 0 aromatic heterocycles. The van der Waals surface area contributed by atoms with Gasteiger partial charge in [0.15, 0.2) is 0 Å². The van der Waals surface area contributed by atoms with Crippen molar-refractivity contribution in [1.29, 1.82) is 0 Å². The smallest absolute Gasteiger partial charge is 0.325 e. The highest BCUT2D eigenvalue weighted by Gasteiger charge is 2.53. The van der Waals surface area contributed by atoms with Crippen LogP contribution in [0.25, 0.3) is 0 Å². The van der Waals surface area contributed by atoms with E-state index in [1.807, 2.05) is 18.2 Å². The van der Waals surface area contributed by atoms with Gasteiger partial charge in [-0.05, 0) is 91.9 Å². The van der Waals surface area contributed by atoms with Gasteiger partial charge in [0, 0.05) is 37.8 Å². The Labute approximate surface area is 359 Å². The molecule has 3 aromatic rings. The molecule has 17 heteroatoms. The van der Waals surface area contributed by atoms with Crippen LogP contribution in [0.1, 0.15) is 57.2 Å². The first kappa shape index (κ1) is 48.9. The Kier molecular flexibility index (Phi) is 17.3. The number of imide groups is 2. The lowest BCUT2D eigenvalue weighted by Gasteiger charge is -2.37. The van der Waals surface area contributed by atoms with E-state index >= 15 is 0 Å². The SMILES string of the molecule is C.C.COc1cc(CN2C(=O)NC3(CCNCC3)C2=O)cc(OC)c1.COc1cc(CN2CCC3(CC2)NC(=O)N(Cc2cc(OC)cc(OC)c2)C3=O)cc(OC)c1.Cl. The summed E-state index contributed by atoms with van der Waals surface area (Å²) in [4.78, 5) is 56.0. The number of carbonyl (C=O) groups is 4. The molecule has 0 radical (unpaired) electrons. The van der Waals surface area contributed by atoms with Gasteiger partial charge in [0.2, 0.25) is 0 Å². The second-order valence-electron chi connectivity index (χ2n) is 14.5. The summed E-state index contributed by atoms with van der Waals surface area (Å²) in [5.41, 5.74) is 1.02. The molecule has 7 rings (SSSR count). The molecule has 0 saturated carbocycles. The van der Waals surface area contributed by atoms with Crippen molar-refractivity contribution >= 4 is 36.3 Å². The Morgan fingerprint density at radius 2 is 0.783 bits per heavy atom. The second kappa shape index (κ2) is 21.2. The Morgan fingerprint density at radius 1 is 0.483 bits per heavy atom. The number of methoxy groups -OCH3 is 6. The zero-order valence-corrected chi connectivity index (χ0v) is 34.6. The Bertz CT molecular complexity index is 1900. The maximum absolute atomic E-state index is 13.4. The summed E-state index contributed by atoms with van der Waals surface area (Å²) in [7, 11) is 9.52. The first-order valence-corrected chi connectivity index (χ1v) is 18.8. The molecule has 4 saturated heterocycles. The predicted molar refractivity (Wildman–Crippen MR) is 230 cm³/mol. The number of hydrogen-bond acceptors (Lipinski definition) is 12. The number of likely N-dealkylation sites (tertiary alicyclic amines) is 1. The van der Waals surface area contributed by atoms with Gasteiger partial charge in [0.05, 0.1) is 55.7 Å². The van der Waals surface area contributed by atoms with Gasteiger partial charge in [-0.1, -0.05) is 14.9 Å². The van der Waals surface area contributed by atoms with Crippen LogP contribution in [0.2, 0.25) is 0 Å². The quantitative estimate of drug-likeness (QED) is 0.199.